The van der Waals surface area contributed by atoms with Crippen molar-refractivity contribution in [2.45, 2.75) is 13.8 Å². The number of hydrogen-bond donors (Lipinski definition) is 1. The average molecular weight is 223 g/mol. The van der Waals surface area contributed by atoms with Crippen LogP contribution in [-0.2, 0) is 0 Å². The zero-order valence-electron chi connectivity index (χ0n) is 9.64. The molecule has 0 bridgehead atoms. The minimum absolute atomic E-state index is 0.315. The van der Waals surface area contributed by atoms with E-state index in [9.17, 15) is 8.78 Å². The molecule has 1 aromatic carbocycles. The topological polar surface area (TPSA) is 12.0 Å². The molecule has 0 saturated heterocycles. The first-order chi connectivity index (χ1) is 7.54. The van der Waals surface area contributed by atoms with E-state index in [2.05, 4.69) is 5.32 Å². The molecule has 3 heteroatoms. The summed E-state index contributed by atoms with van der Waals surface area (Å²) in [5.41, 5.74) is 1.97. The fourth-order valence-corrected chi connectivity index (χ4v) is 1.35. The van der Waals surface area contributed by atoms with Crippen molar-refractivity contribution in [3.05, 3.63) is 52.7 Å². The third kappa shape index (κ3) is 3.19. The van der Waals surface area contributed by atoms with Crippen LogP contribution < -0.4 is 5.32 Å². The van der Waals surface area contributed by atoms with Gasteiger partial charge in [0.2, 0.25) is 0 Å². The quantitative estimate of drug-likeness (QED) is 0.774. The van der Waals surface area contributed by atoms with Crippen LogP contribution in [0, 0.1) is 18.6 Å². The number of allylic oxidation sites excluding steroid dienone is 2. The summed E-state index contributed by atoms with van der Waals surface area (Å²) in [7, 11) is 1.80. The molecule has 0 heterocycles. The van der Waals surface area contributed by atoms with Crippen molar-refractivity contribution in [1.29, 1.82) is 0 Å². The van der Waals surface area contributed by atoms with Crippen molar-refractivity contribution in [1.82, 2.24) is 5.32 Å². The van der Waals surface area contributed by atoms with Crippen LogP contribution in [0.1, 0.15) is 18.1 Å². The first kappa shape index (κ1) is 12.4. The Morgan fingerprint density at radius 1 is 1.31 bits per heavy atom. The summed E-state index contributed by atoms with van der Waals surface area (Å²) in [5.74, 6) is -1.59. The second-order valence-corrected chi connectivity index (χ2v) is 3.64. The summed E-state index contributed by atoms with van der Waals surface area (Å²) in [5, 5.41) is 2.89. The molecule has 1 N–H and O–H groups in total. The van der Waals surface area contributed by atoms with Gasteiger partial charge >= 0.3 is 0 Å². The van der Waals surface area contributed by atoms with E-state index in [-0.39, 0.29) is 0 Å². The lowest BCUT2D eigenvalue weighted by Gasteiger charge is -2.00. The highest BCUT2D eigenvalue weighted by atomic mass is 19.2. The van der Waals surface area contributed by atoms with Crippen LogP contribution in [0.5, 0.6) is 0 Å². The molecule has 0 aromatic heterocycles. The van der Waals surface area contributed by atoms with Gasteiger partial charge in [0, 0.05) is 7.05 Å². The van der Waals surface area contributed by atoms with Crippen molar-refractivity contribution in [2.24, 2.45) is 0 Å². The van der Waals surface area contributed by atoms with Crippen molar-refractivity contribution in [3.8, 4) is 0 Å². The van der Waals surface area contributed by atoms with E-state index in [0.29, 0.717) is 11.1 Å². The van der Waals surface area contributed by atoms with E-state index in [1.807, 2.05) is 19.2 Å². The molecule has 0 fully saturated rings. The third-order valence-corrected chi connectivity index (χ3v) is 2.14. The molecule has 0 aliphatic heterocycles. The van der Waals surface area contributed by atoms with E-state index in [4.69, 9.17) is 0 Å². The van der Waals surface area contributed by atoms with Crippen LogP contribution in [-0.4, -0.2) is 7.05 Å². The molecular formula is C13H15F2N. The van der Waals surface area contributed by atoms with Crippen LogP contribution in [0.2, 0.25) is 0 Å². The SMILES string of the molecule is CN/C=C(C)\C=C\c1cc(C)c(F)c(F)c1. The summed E-state index contributed by atoms with van der Waals surface area (Å²) in [6, 6.07) is 2.80. The fourth-order valence-electron chi connectivity index (χ4n) is 1.35. The molecular weight excluding hydrogens is 208 g/mol. The maximum absolute atomic E-state index is 13.1. The molecule has 1 nitrogen and oxygen atoms in total. The number of halogens is 2. The molecule has 0 saturated carbocycles. The summed E-state index contributed by atoms with van der Waals surface area (Å²) in [6.45, 7) is 3.46. The lowest BCUT2D eigenvalue weighted by Crippen LogP contribution is -1.93. The predicted octanol–water partition coefficient (Wildman–Crippen LogP) is 3.41. The van der Waals surface area contributed by atoms with Crippen molar-refractivity contribution < 1.29 is 8.78 Å². The average Bonchev–Trinajstić information content (AvgIpc) is 2.23. The van der Waals surface area contributed by atoms with E-state index in [0.717, 1.165) is 5.57 Å². The number of benzene rings is 1. The number of aryl methyl sites for hydroxylation is 1. The van der Waals surface area contributed by atoms with Gasteiger partial charge in [-0.15, -0.1) is 0 Å². The van der Waals surface area contributed by atoms with Gasteiger partial charge in [-0.3, -0.25) is 0 Å². The zero-order valence-corrected chi connectivity index (χ0v) is 9.64. The van der Waals surface area contributed by atoms with Gasteiger partial charge < -0.3 is 5.32 Å². The number of rotatable bonds is 3. The Balaban J connectivity index is 2.95. The van der Waals surface area contributed by atoms with Gasteiger partial charge in [0.05, 0.1) is 0 Å². The first-order valence-corrected chi connectivity index (χ1v) is 5.02. The molecule has 1 rings (SSSR count). The van der Waals surface area contributed by atoms with Crippen molar-refractivity contribution in [2.75, 3.05) is 7.05 Å². The van der Waals surface area contributed by atoms with Crippen LogP contribution in [0.4, 0.5) is 8.78 Å². The Morgan fingerprint density at radius 2 is 2.00 bits per heavy atom. The van der Waals surface area contributed by atoms with Gasteiger partial charge in [0.1, 0.15) is 0 Å². The Labute approximate surface area is 94.5 Å². The smallest absolute Gasteiger partial charge is 0.161 e. The minimum Gasteiger partial charge on any atom is -0.394 e. The molecule has 0 aliphatic rings. The van der Waals surface area contributed by atoms with E-state index < -0.39 is 11.6 Å². The Hall–Kier alpha value is -1.64. The molecule has 0 aliphatic carbocycles. The summed E-state index contributed by atoms with van der Waals surface area (Å²) in [6.07, 6.45) is 5.41. The lowest BCUT2D eigenvalue weighted by atomic mass is 10.1. The van der Waals surface area contributed by atoms with Crippen LogP contribution in [0.3, 0.4) is 0 Å². The monoisotopic (exact) mass is 223 g/mol. The van der Waals surface area contributed by atoms with Gasteiger partial charge in [-0.25, -0.2) is 8.78 Å². The van der Waals surface area contributed by atoms with Crippen LogP contribution in [0.25, 0.3) is 6.08 Å². The van der Waals surface area contributed by atoms with Crippen LogP contribution in [0.15, 0.2) is 30.0 Å². The van der Waals surface area contributed by atoms with Gasteiger partial charge in [0.15, 0.2) is 11.6 Å². The number of hydrogen-bond acceptors (Lipinski definition) is 1. The normalized spacial score (nSPS) is 12.2. The van der Waals surface area contributed by atoms with Gasteiger partial charge in [-0.1, -0.05) is 12.2 Å². The molecule has 0 spiro atoms. The Bertz CT molecular complexity index is 411. The minimum atomic E-state index is -0.810. The highest BCUT2D eigenvalue weighted by Crippen LogP contribution is 2.15. The van der Waals surface area contributed by atoms with Gasteiger partial charge in [-0.05, 0) is 48.9 Å². The van der Waals surface area contributed by atoms with E-state index >= 15 is 0 Å². The predicted molar refractivity (Wildman–Crippen MR) is 62.9 cm³/mol. The van der Waals surface area contributed by atoms with Crippen LogP contribution >= 0.6 is 0 Å². The summed E-state index contributed by atoms with van der Waals surface area (Å²) >= 11 is 0. The zero-order chi connectivity index (χ0) is 12.1. The van der Waals surface area contributed by atoms with Gasteiger partial charge in [-0.2, -0.15) is 0 Å². The Morgan fingerprint density at radius 3 is 2.56 bits per heavy atom. The fraction of sp³-hybridized carbons (Fsp3) is 0.231. The summed E-state index contributed by atoms with van der Waals surface area (Å²) < 4.78 is 26.1. The van der Waals surface area contributed by atoms with Crippen molar-refractivity contribution in [3.63, 3.8) is 0 Å². The molecule has 86 valence electrons. The maximum Gasteiger partial charge on any atom is 0.161 e. The highest BCUT2D eigenvalue weighted by Gasteiger charge is 2.05. The largest absolute Gasteiger partial charge is 0.394 e. The molecule has 0 atom stereocenters. The third-order valence-electron chi connectivity index (χ3n) is 2.14. The lowest BCUT2D eigenvalue weighted by molar-refractivity contribution is 0.503. The molecule has 0 unspecified atom stereocenters. The second-order valence-electron chi connectivity index (χ2n) is 3.64. The van der Waals surface area contributed by atoms with Crippen molar-refractivity contribution >= 4 is 6.08 Å². The second kappa shape index (κ2) is 5.45. The number of nitrogens with one attached hydrogen (secondary N) is 1. The molecule has 0 amide bonds. The molecule has 16 heavy (non-hydrogen) atoms. The van der Waals surface area contributed by atoms with E-state index in [1.54, 1.807) is 26.1 Å². The highest BCUT2D eigenvalue weighted by molar-refractivity contribution is 5.53. The molecule has 0 radical (unpaired) electrons. The standard InChI is InChI=1S/C13H15F2N/c1-9(8-16-3)4-5-11-6-10(2)13(15)12(14)7-11/h4-8,16H,1-3H3/b5-4+,9-8-. The molecule has 1 aromatic rings. The Kier molecular flexibility index (Phi) is 4.23. The van der Waals surface area contributed by atoms with E-state index in [1.165, 1.54) is 6.07 Å². The van der Waals surface area contributed by atoms with Gasteiger partial charge in [0.25, 0.3) is 0 Å². The summed E-state index contributed by atoms with van der Waals surface area (Å²) in [4.78, 5) is 0. The maximum atomic E-state index is 13.1. The first-order valence-electron chi connectivity index (χ1n) is 5.02.